The van der Waals surface area contributed by atoms with Crippen molar-refractivity contribution in [1.82, 2.24) is 9.38 Å². The average Bonchev–Trinajstić information content (AvgIpc) is 3.22. The number of aromatic nitrogens is 2. The van der Waals surface area contributed by atoms with Crippen LogP contribution in [-0.2, 0) is 0 Å². The minimum absolute atomic E-state index is 0.573. The van der Waals surface area contributed by atoms with Crippen molar-refractivity contribution in [1.29, 1.82) is 0 Å². The molecular weight excluding hydrogens is 340 g/mol. The summed E-state index contributed by atoms with van der Waals surface area (Å²) in [6.45, 7) is 2.04. The Morgan fingerprint density at radius 2 is 1.92 bits per heavy atom. The largest absolute Gasteiger partial charge is 0.282 e. The zero-order valence-corrected chi connectivity index (χ0v) is 14.4. The van der Waals surface area contributed by atoms with Gasteiger partial charge in [0, 0.05) is 6.20 Å². The van der Waals surface area contributed by atoms with Crippen LogP contribution >= 0.6 is 22.9 Å². The van der Waals surface area contributed by atoms with Crippen molar-refractivity contribution in [3.63, 3.8) is 0 Å². The second-order valence-electron chi connectivity index (χ2n) is 5.30. The van der Waals surface area contributed by atoms with Crippen LogP contribution in [0, 0.1) is 6.92 Å². The minimum Gasteiger partial charge on any atom is -0.282 e. The molecule has 0 aliphatic heterocycles. The van der Waals surface area contributed by atoms with Gasteiger partial charge in [-0.15, -0.1) is 21.6 Å². The van der Waals surface area contributed by atoms with E-state index in [4.69, 9.17) is 16.6 Å². The van der Waals surface area contributed by atoms with Crippen LogP contribution in [0.25, 0.3) is 16.2 Å². The molecule has 0 aliphatic carbocycles. The normalized spacial score (nSPS) is 11.6. The van der Waals surface area contributed by atoms with Crippen molar-refractivity contribution in [3.8, 4) is 10.6 Å². The molecule has 118 valence electrons. The Morgan fingerprint density at radius 1 is 1.04 bits per heavy atom. The van der Waals surface area contributed by atoms with E-state index in [2.05, 4.69) is 10.2 Å². The lowest BCUT2D eigenvalue weighted by Crippen LogP contribution is -1.85. The van der Waals surface area contributed by atoms with Crippen LogP contribution in [0.4, 0.5) is 11.5 Å². The molecule has 0 saturated heterocycles. The van der Waals surface area contributed by atoms with Gasteiger partial charge in [-0.2, -0.15) is 0 Å². The van der Waals surface area contributed by atoms with Gasteiger partial charge in [-0.05, 0) is 42.1 Å². The van der Waals surface area contributed by atoms with Crippen LogP contribution in [0.5, 0.6) is 0 Å². The Kier molecular flexibility index (Phi) is 3.88. The number of azo groups is 1. The highest BCUT2D eigenvalue weighted by Gasteiger charge is 2.16. The Hall–Kier alpha value is -2.50. The number of fused-ring (bicyclic) bond motifs is 1. The van der Waals surface area contributed by atoms with E-state index < -0.39 is 0 Å². The number of imidazole rings is 1. The predicted octanol–water partition coefficient (Wildman–Crippen LogP) is 6.44. The maximum Gasteiger partial charge on any atom is 0.188 e. The van der Waals surface area contributed by atoms with Gasteiger partial charge in [0.15, 0.2) is 5.82 Å². The third-order valence-electron chi connectivity index (χ3n) is 3.68. The molecule has 0 fully saturated rings. The van der Waals surface area contributed by atoms with Gasteiger partial charge in [0.1, 0.15) is 17.0 Å². The Morgan fingerprint density at radius 3 is 2.71 bits per heavy atom. The zero-order chi connectivity index (χ0) is 16.5. The van der Waals surface area contributed by atoms with Crippen molar-refractivity contribution in [2.45, 2.75) is 6.92 Å². The summed E-state index contributed by atoms with van der Waals surface area (Å²) in [5.74, 6) is 0.705. The van der Waals surface area contributed by atoms with Crippen molar-refractivity contribution >= 4 is 40.1 Å². The molecule has 0 radical (unpaired) electrons. The van der Waals surface area contributed by atoms with E-state index >= 15 is 0 Å². The Bertz CT molecular complexity index is 1030. The maximum atomic E-state index is 6.17. The first-order valence-electron chi connectivity index (χ1n) is 7.42. The second kappa shape index (κ2) is 6.19. The molecule has 6 heteroatoms. The lowest BCUT2D eigenvalue weighted by molar-refractivity contribution is 1.10. The first-order chi connectivity index (χ1) is 11.7. The summed E-state index contributed by atoms with van der Waals surface area (Å²) >= 11 is 7.81. The van der Waals surface area contributed by atoms with Crippen molar-refractivity contribution in [3.05, 3.63) is 70.7 Å². The van der Waals surface area contributed by atoms with Gasteiger partial charge in [-0.1, -0.05) is 35.9 Å². The fraction of sp³-hybridized carbons (Fsp3) is 0.0556. The molecule has 0 bridgehead atoms. The molecule has 0 aliphatic rings. The van der Waals surface area contributed by atoms with Crippen LogP contribution in [0.1, 0.15) is 5.56 Å². The fourth-order valence-corrected chi connectivity index (χ4v) is 3.38. The molecule has 3 heterocycles. The van der Waals surface area contributed by atoms with Crippen LogP contribution in [0.2, 0.25) is 5.02 Å². The van der Waals surface area contributed by atoms with E-state index in [9.17, 15) is 0 Å². The number of hydrogen-bond donors (Lipinski definition) is 0. The smallest absolute Gasteiger partial charge is 0.188 e. The third kappa shape index (κ3) is 2.62. The van der Waals surface area contributed by atoms with E-state index in [-0.39, 0.29) is 0 Å². The summed E-state index contributed by atoms with van der Waals surface area (Å²) in [4.78, 5) is 5.84. The average molecular weight is 353 g/mol. The van der Waals surface area contributed by atoms with Crippen molar-refractivity contribution in [2.24, 2.45) is 10.2 Å². The molecule has 0 spiro atoms. The molecule has 0 saturated carbocycles. The first-order valence-corrected chi connectivity index (χ1v) is 8.67. The number of pyridine rings is 1. The van der Waals surface area contributed by atoms with Gasteiger partial charge in [0.05, 0.1) is 9.90 Å². The Labute approximate surface area is 148 Å². The number of halogens is 1. The molecule has 0 N–H and O–H groups in total. The van der Waals surface area contributed by atoms with E-state index in [0.717, 1.165) is 21.8 Å². The number of nitrogens with zero attached hydrogens (tertiary/aromatic N) is 4. The number of hydrogen-bond acceptors (Lipinski definition) is 4. The molecule has 4 nitrogen and oxygen atoms in total. The van der Waals surface area contributed by atoms with E-state index in [1.165, 1.54) is 0 Å². The SMILES string of the molecule is Cc1cccn2c(N=Nc3ccccc3Cl)c(-c3cccs3)nc12. The summed E-state index contributed by atoms with van der Waals surface area (Å²) in [5, 5.41) is 11.4. The van der Waals surface area contributed by atoms with E-state index in [1.54, 1.807) is 17.4 Å². The highest BCUT2D eigenvalue weighted by Crippen LogP contribution is 2.36. The lowest BCUT2D eigenvalue weighted by Gasteiger charge is -1.99. The Balaban J connectivity index is 1.92. The number of benzene rings is 1. The molecule has 1 aromatic carbocycles. The van der Waals surface area contributed by atoms with Gasteiger partial charge >= 0.3 is 0 Å². The highest BCUT2D eigenvalue weighted by atomic mass is 35.5. The van der Waals surface area contributed by atoms with Crippen molar-refractivity contribution in [2.75, 3.05) is 0 Å². The summed E-state index contributed by atoms with van der Waals surface area (Å²) in [5.41, 5.74) is 3.44. The summed E-state index contributed by atoms with van der Waals surface area (Å²) < 4.78 is 1.96. The van der Waals surface area contributed by atoms with Gasteiger partial charge < -0.3 is 0 Å². The van der Waals surface area contributed by atoms with Crippen LogP contribution in [0.15, 0.2) is 70.3 Å². The monoisotopic (exact) mass is 352 g/mol. The lowest BCUT2D eigenvalue weighted by atomic mass is 10.3. The van der Waals surface area contributed by atoms with Crippen molar-refractivity contribution < 1.29 is 0 Å². The standard InChI is InChI=1S/C18H13ClN4S/c1-12-6-4-10-23-17(12)20-16(15-9-5-11-24-15)18(23)22-21-14-8-3-2-7-13(14)19/h2-11H,1H3. The van der Waals surface area contributed by atoms with Gasteiger partial charge in [0.2, 0.25) is 0 Å². The summed E-state index contributed by atoms with van der Waals surface area (Å²) in [7, 11) is 0. The zero-order valence-electron chi connectivity index (χ0n) is 12.8. The summed E-state index contributed by atoms with van der Waals surface area (Å²) in [6, 6.07) is 15.5. The minimum atomic E-state index is 0.573. The predicted molar refractivity (Wildman–Crippen MR) is 98.9 cm³/mol. The van der Waals surface area contributed by atoms with Crippen LogP contribution in [0.3, 0.4) is 0 Å². The van der Waals surface area contributed by atoms with Crippen LogP contribution < -0.4 is 0 Å². The molecule has 4 rings (SSSR count). The molecule has 4 aromatic rings. The maximum absolute atomic E-state index is 6.17. The molecule has 0 amide bonds. The van der Waals surface area contributed by atoms with E-state index in [1.807, 2.05) is 65.4 Å². The number of thiophene rings is 1. The molecule has 24 heavy (non-hydrogen) atoms. The summed E-state index contributed by atoms with van der Waals surface area (Å²) in [6.07, 6.45) is 1.95. The quantitative estimate of drug-likeness (QED) is 0.391. The second-order valence-corrected chi connectivity index (χ2v) is 6.65. The van der Waals surface area contributed by atoms with Gasteiger partial charge in [-0.25, -0.2) is 4.98 Å². The highest BCUT2D eigenvalue weighted by molar-refractivity contribution is 7.13. The molecule has 0 unspecified atom stereocenters. The third-order valence-corrected chi connectivity index (χ3v) is 4.88. The fourth-order valence-electron chi connectivity index (χ4n) is 2.50. The van der Waals surface area contributed by atoms with Crippen LogP contribution in [-0.4, -0.2) is 9.38 Å². The molecule has 0 atom stereocenters. The number of aryl methyl sites for hydroxylation is 1. The first kappa shape index (κ1) is 15.1. The number of rotatable bonds is 3. The molecular formula is C18H13ClN4S. The molecule has 3 aromatic heterocycles. The topological polar surface area (TPSA) is 42.0 Å². The van der Waals surface area contributed by atoms with Gasteiger partial charge in [0.25, 0.3) is 0 Å². The van der Waals surface area contributed by atoms with Gasteiger partial charge in [-0.3, -0.25) is 4.40 Å². The van der Waals surface area contributed by atoms with E-state index in [0.29, 0.717) is 16.5 Å².